The minimum atomic E-state index is -0.217. The molecule has 0 aromatic carbocycles. The summed E-state index contributed by atoms with van der Waals surface area (Å²) in [6.45, 7) is 10.8. The van der Waals surface area contributed by atoms with E-state index in [0.29, 0.717) is 5.41 Å². The molecule has 1 rings (SSSR count). The fourth-order valence-corrected chi connectivity index (χ4v) is 2.73. The number of hydrogen-bond donors (Lipinski definition) is 2. The van der Waals surface area contributed by atoms with Gasteiger partial charge in [-0.15, -0.1) is 0 Å². The largest absolute Gasteiger partial charge is 0.392 e. The van der Waals surface area contributed by atoms with Crippen LogP contribution in [0.2, 0.25) is 0 Å². The van der Waals surface area contributed by atoms with Crippen LogP contribution < -0.4 is 5.32 Å². The molecule has 0 saturated heterocycles. The minimum absolute atomic E-state index is 0.217. The highest BCUT2D eigenvalue weighted by atomic mass is 16.3. The molecule has 1 saturated carbocycles. The van der Waals surface area contributed by atoms with Gasteiger partial charge in [-0.05, 0) is 56.4 Å². The Labute approximate surface area is 101 Å². The molecule has 0 aromatic heterocycles. The second-order valence-electron chi connectivity index (χ2n) is 6.59. The van der Waals surface area contributed by atoms with Crippen LogP contribution in [-0.2, 0) is 0 Å². The molecule has 0 bridgehead atoms. The van der Waals surface area contributed by atoms with Crippen LogP contribution in [-0.4, -0.2) is 24.3 Å². The van der Waals surface area contributed by atoms with Crippen LogP contribution in [0.3, 0.4) is 0 Å². The smallest absolute Gasteiger partial charge is 0.0636 e. The Morgan fingerprint density at radius 1 is 1.19 bits per heavy atom. The number of nitrogens with one attached hydrogen (secondary N) is 1. The summed E-state index contributed by atoms with van der Waals surface area (Å²) in [5, 5.41) is 12.5. The monoisotopic (exact) mass is 227 g/mol. The van der Waals surface area contributed by atoms with Gasteiger partial charge in [0.25, 0.3) is 0 Å². The Hall–Kier alpha value is -0.0800. The fraction of sp³-hybridized carbons (Fsp3) is 1.00. The van der Waals surface area contributed by atoms with Crippen LogP contribution in [0.25, 0.3) is 0 Å². The van der Waals surface area contributed by atoms with Gasteiger partial charge in [0.1, 0.15) is 0 Å². The molecule has 1 fully saturated rings. The molecule has 2 N–H and O–H groups in total. The topological polar surface area (TPSA) is 32.3 Å². The zero-order valence-corrected chi connectivity index (χ0v) is 11.4. The Bertz CT molecular complexity index is 187. The highest BCUT2D eigenvalue weighted by Crippen LogP contribution is 2.39. The highest BCUT2D eigenvalue weighted by Gasteiger charge is 2.29. The fourth-order valence-electron chi connectivity index (χ4n) is 2.73. The first-order valence-corrected chi connectivity index (χ1v) is 6.78. The van der Waals surface area contributed by atoms with Gasteiger partial charge in [-0.3, -0.25) is 0 Å². The normalized spacial score (nSPS) is 29.1. The first kappa shape index (κ1) is 14.0. The van der Waals surface area contributed by atoms with E-state index in [2.05, 4.69) is 26.1 Å². The maximum absolute atomic E-state index is 9.17. The standard InChI is InChI=1S/C14H29NO/c1-11(16)9-15-10-12-5-7-13(8-6-12)14(2,3)4/h11-13,15-16H,5-10H2,1-4H3. The zero-order valence-electron chi connectivity index (χ0n) is 11.4. The van der Waals surface area contributed by atoms with E-state index in [4.69, 9.17) is 5.11 Å². The number of hydrogen-bond acceptors (Lipinski definition) is 2. The summed E-state index contributed by atoms with van der Waals surface area (Å²) < 4.78 is 0. The summed E-state index contributed by atoms with van der Waals surface area (Å²) in [4.78, 5) is 0. The lowest BCUT2D eigenvalue weighted by Crippen LogP contribution is -2.33. The second kappa shape index (κ2) is 6.02. The summed E-state index contributed by atoms with van der Waals surface area (Å²) in [5.74, 6) is 1.73. The van der Waals surface area contributed by atoms with E-state index in [1.54, 1.807) is 0 Å². The third-order valence-corrected chi connectivity index (χ3v) is 3.94. The van der Waals surface area contributed by atoms with Crippen LogP contribution in [0.4, 0.5) is 0 Å². The molecular formula is C14H29NO. The average molecular weight is 227 g/mol. The molecule has 1 aliphatic carbocycles. The van der Waals surface area contributed by atoms with Gasteiger partial charge >= 0.3 is 0 Å². The van der Waals surface area contributed by atoms with E-state index in [0.717, 1.165) is 24.9 Å². The summed E-state index contributed by atoms with van der Waals surface area (Å²) in [7, 11) is 0. The Morgan fingerprint density at radius 2 is 1.75 bits per heavy atom. The van der Waals surface area contributed by atoms with E-state index >= 15 is 0 Å². The van der Waals surface area contributed by atoms with Crippen LogP contribution >= 0.6 is 0 Å². The van der Waals surface area contributed by atoms with Gasteiger partial charge in [-0.25, -0.2) is 0 Å². The maximum atomic E-state index is 9.17. The Morgan fingerprint density at radius 3 is 2.19 bits per heavy atom. The van der Waals surface area contributed by atoms with Crippen molar-refractivity contribution in [3.05, 3.63) is 0 Å². The zero-order chi connectivity index (χ0) is 12.2. The summed E-state index contributed by atoms with van der Waals surface area (Å²) >= 11 is 0. The molecule has 0 heterocycles. The van der Waals surface area contributed by atoms with Crippen molar-refractivity contribution in [2.75, 3.05) is 13.1 Å². The van der Waals surface area contributed by atoms with Crippen molar-refractivity contribution in [1.29, 1.82) is 0 Å². The Balaban J connectivity index is 2.17. The molecule has 0 aromatic rings. The van der Waals surface area contributed by atoms with Gasteiger partial charge in [0.2, 0.25) is 0 Å². The third-order valence-electron chi connectivity index (χ3n) is 3.94. The minimum Gasteiger partial charge on any atom is -0.392 e. The van der Waals surface area contributed by atoms with Crippen molar-refractivity contribution >= 4 is 0 Å². The molecule has 16 heavy (non-hydrogen) atoms. The van der Waals surface area contributed by atoms with Gasteiger partial charge in [0.05, 0.1) is 6.10 Å². The molecule has 1 aliphatic rings. The molecular weight excluding hydrogens is 198 g/mol. The third kappa shape index (κ3) is 4.84. The summed E-state index contributed by atoms with van der Waals surface area (Å²) in [5.41, 5.74) is 0.484. The van der Waals surface area contributed by atoms with E-state index in [-0.39, 0.29) is 6.10 Å². The first-order chi connectivity index (χ1) is 7.39. The lowest BCUT2D eigenvalue weighted by atomic mass is 9.70. The van der Waals surface area contributed by atoms with Gasteiger partial charge < -0.3 is 10.4 Å². The van der Waals surface area contributed by atoms with Crippen molar-refractivity contribution in [2.24, 2.45) is 17.3 Å². The summed E-state index contributed by atoms with van der Waals surface area (Å²) in [6, 6.07) is 0. The van der Waals surface area contributed by atoms with E-state index < -0.39 is 0 Å². The molecule has 1 atom stereocenters. The lowest BCUT2D eigenvalue weighted by molar-refractivity contribution is 0.144. The van der Waals surface area contributed by atoms with E-state index in [9.17, 15) is 0 Å². The predicted molar refractivity (Wildman–Crippen MR) is 69.5 cm³/mol. The number of aliphatic hydroxyl groups is 1. The molecule has 0 spiro atoms. The molecule has 0 amide bonds. The van der Waals surface area contributed by atoms with Crippen molar-refractivity contribution in [3.8, 4) is 0 Å². The van der Waals surface area contributed by atoms with Crippen molar-refractivity contribution in [3.63, 3.8) is 0 Å². The first-order valence-electron chi connectivity index (χ1n) is 6.78. The van der Waals surface area contributed by atoms with E-state index in [1.807, 2.05) is 6.92 Å². The van der Waals surface area contributed by atoms with Crippen molar-refractivity contribution in [1.82, 2.24) is 5.32 Å². The van der Waals surface area contributed by atoms with Crippen LogP contribution in [0, 0.1) is 17.3 Å². The second-order valence-corrected chi connectivity index (χ2v) is 6.59. The average Bonchev–Trinajstić information content (AvgIpc) is 2.16. The quantitative estimate of drug-likeness (QED) is 0.774. The lowest BCUT2D eigenvalue weighted by Gasteiger charge is -2.37. The predicted octanol–water partition coefficient (Wildman–Crippen LogP) is 2.81. The highest BCUT2D eigenvalue weighted by molar-refractivity contribution is 4.81. The van der Waals surface area contributed by atoms with Gasteiger partial charge in [-0.2, -0.15) is 0 Å². The van der Waals surface area contributed by atoms with Crippen molar-refractivity contribution in [2.45, 2.75) is 59.5 Å². The number of aliphatic hydroxyl groups excluding tert-OH is 1. The molecule has 1 unspecified atom stereocenters. The Kier molecular flexibility index (Phi) is 5.26. The van der Waals surface area contributed by atoms with E-state index in [1.165, 1.54) is 25.7 Å². The van der Waals surface area contributed by atoms with Crippen LogP contribution in [0.5, 0.6) is 0 Å². The SMILES string of the molecule is CC(O)CNCC1CCC(C(C)(C)C)CC1. The summed E-state index contributed by atoms with van der Waals surface area (Å²) in [6.07, 6.45) is 5.25. The van der Waals surface area contributed by atoms with Gasteiger partial charge in [0.15, 0.2) is 0 Å². The van der Waals surface area contributed by atoms with Crippen LogP contribution in [0.15, 0.2) is 0 Å². The molecule has 2 heteroatoms. The molecule has 0 aliphatic heterocycles. The maximum Gasteiger partial charge on any atom is 0.0636 e. The van der Waals surface area contributed by atoms with Crippen molar-refractivity contribution < 1.29 is 5.11 Å². The molecule has 96 valence electrons. The van der Waals surface area contributed by atoms with Crippen LogP contribution in [0.1, 0.15) is 53.4 Å². The molecule has 2 nitrogen and oxygen atoms in total. The van der Waals surface area contributed by atoms with Gasteiger partial charge in [-0.1, -0.05) is 20.8 Å². The number of rotatable bonds is 4. The van der Waals surface area contributed by atoms with Gasteiger partial charge in [0, 0.05) is 6.54 Å². The molecule has 0 radical (unpaired) electrons.